The maximum Gasteiger partial charge on any atom is 0.236 e. The van der Waals surface area contributed by atoms with E-state index in [0.29, 0.717) is 12.0 Å². The third kappa shape index (κ3) is 3.78. The van der Waals surface area contributed by atoms with E-state index in [9.17, 15) is 4.79 Å². The standard InChI is InChI=1S/C13H26N2O/c1-11(2)15(4)12(16)9-14-10-13(3)7-5-6-8-13/h11,14H,5-10H2,1-4H3. The fourth-order valence-electron chi connectivity index (χ4n) is 2.29. The molecule has 0 spiro atoms. The van der Waals surface area contributed by atoms with Crippen LogP contribution in [0.2, 0.25) is 0 Å². The summed E-state index contributed by atoms with van der Waals surface area (Å²) < 4.78 is 0. The highest BCUT2D eigenvalue weighted by Crippen LogP contribution is 2.36. The Kier molecular flexibility index (Phi) is 4.78. The summed E-state index contributed by atoms with van der Waals surface area (Å²) in [5.74, 6) is 0.191. The van der Waals surface area contributed by atoms with Gasteiger partial charge in [-0.25, -0.2) is 0 Å². The maximum absolute atomic E-state index is 11.7. The minimum Gasteiger partial charge on any atom is -0.342 e. The van der Waals surface area contributed by atoms with Gasteiger partial charge in [0.1, 0.15) is 0 Å². The number of nitrogens with one attached hydrogen (secondary N) is 1. The fraction of sp³-hybridized carbons (Fsp3) is 0.923. The molecule has 0 atom stereocenters. The van der Waals surface area contributed by atoms with E-state index in [2.05, 4.69) is 12.2 Å². The third-order valence-corrected chi connectivity index (χ3v) is 3.81. The molecular formula is C13H26N2O. The van der Waals surface area contributed by atoms with Crippen LogP contribution in [0.1, 0.15) is 46.5 Å². The molecule has 0 radical (unpaired) electrons. The summed E-state index contributed by atoms with van der Waals surface area (Å²) in [7, 11) is 1.87. The molecule has 0 aromatic carbocycles. The van der Waals surface area contributed by atoms with E-state index in [1.807, 2.05) is 20.9 Å². The maximum atomic E-state index is 11.7. The van der Waals surface area contributed by atoms with Gasteiger partial charge >= 0.3 is 0 Å². The van der Waals surface area contributed by atoms with Crippen molar-refractivity contribution in [2.45, 2.75) is 52.5 Å². The molecule has 0 aliphatic heterocycles. The number of hydrogen-bond acceptors (Lipinski definition) is 2. The van der Waals surface area contributed by atoms with Crippen molar-refractivity contribution >= 4 is 5.91 Å². The van der Waals surface area contributed by atoms with E-state index in [4.69, 9.17) is 0 Å². The van der Waals surface area contributed by atoms with Crippen LogP contribution in [0.25, 0.3) is 0 Å². The first-order valence-corrected chi connectivity index (χ1v) is 6.41. The number of carbonyl (C=O) groups excluding carboxylic acids is 1. The molecule has 1 aliphatic carbocycles. The Hall–Kier alpha value is -0.570. The minimum atomic E-state index is 0.191. The monoisotopic (exact) mass is 226 g/mol. The van der Waals surface area contributed by atoms with Crippen molar-refractivity contribution < 1.29 is 4.79 Å². The second-order valence-corrected chi connectivity index (χ2v) is 5.72. The van der Waals surface area contributed by atoms with Crippen molar-refractivity contribution in [1.82, 2.24) is 10.2 Å². The molecule has 3 heteroatoms. The minimum absolute atomic E-state index is 0.191. The zero-order valence-electron chi connectivity index (χ0n) is 11.2. The van der Waals surface area contributed by atoms with Crippen LogP contribution in [0.3, 0.4) is 0 Å². The largest absolute Gasteiger partial charge is 0.342 e. The third-order valence-electron chi connectivity index (χ3n) is 3.81. The van der Waals surface area contributed by atoms with Gasteiger partial charge in [-0.3, -0.25) is 4.79 Å². The normalized spacial score (nSPS) is 19.1. The van der Waals surface area contributed by atoms with E-state index in [-0.39, 0.29) is 11.9 Å². The Morgan fingerprint density at radius 2 is 1.94 bits per heavy atom. The summed E-state index contributed by atoms with van der Waals surface area (Å²) in [6.45, 7) is 7.85. The average Bonchev–Trinajstić information content (AvgIpc) is 2.64. The molecule has 0 bridgehead atoms. The molecule has 3 nitrogen and oxygen atoms in total. The SMILES string of the molecule is CC(C)N(C)C(=O)CNCC1(C)CCCC1. The number of nitrogens with zero attached hydrogens (tertiary/aromatic N) is 1. The van der Waals surface area contributed by atoms with Crippen molar-refractivity contribution in [3.05, 3.63) is 0 Å². The van der Waals surface area contributed by atoms with Crippen LogP contribution in [0.5, 0.6) is 0 Å². The van der Waals surface area contributed by atoms with Gasteiger partial charge in [-0.1, -0.05) is 19.8 Å². The lowest BCUT2D eigenvalue weighted by molar-refractivity contribution is -0.130. The van der Waals surface area contributed by atoms with E-state index >= 15 is 0 Å². The van der Waals surface area contributed by atoms with Crippen LogP contribution in [0, 0.1) is 5.41 Å². The predicted molar refractivity (Wildman–Crippen MR) is 67.4 cm³/mol. The van der Waals surface area contributed by atoms with Gasteiger partial charge in [-0.2, -0.15) is 0 Å². The lowest BCUT2D eigenvalue weighted by atomic mass is 9.89. The smallest absolute Gasteiger partial charge is 0.236 e. The Labute approximate surface area is 99.6 Å². The van der Waals surface area contributed by atoms with Gasteiger partial charge in [0.25, 0.3) is 0 Å². The molecule has 0 unspecified atom stereocenters. The topological polar surface area (TPSA) is 32.3 Å². The highest BCUT2D eigenvalue weighted by molar-refractivity contribution is 5.78. The summed E-state index contributed by atoms with van der Waals surface area (Å²) >= 11 is 0. The van der Waals surface area contributed by atoms with Crippen molar-refractivity contribution in [3.63, 3.8) is 0 Å². The number of amides is 1. The van der Waals surface area contributed by atoms with Crippen molar-refractivity contribution in [2.24, 2.45) is 5.41 Å². The van der Waals surface area contributed by atoms with Gasteiger partial charge in [0.15, 0.2) is 0 Å². The number of rotatable bonds is 5. The molecular weight excluding hydrogens is 200 g/mol. The van der Waals surface area contributed by atoms with Gasteiger partial charge in [-0.05, 0) is 32.1 Å². The van der Waals surface area contributed by atoms with Gasteiger partial charge in [-0.15, -0.1) is 0 Å². The van der Waals surface area contributed by atoms with Crippen LogP contribution in [-0.4, -0.2) is 37.0 Å². The van der Waals surface area contributed by atoms with E-state index < -0.39 is 0 Å². The molecule has 94 valence electrons. The number of carbonyl (C=O) groups is 1. The van der Waals surface area contributed by atoms with Gasteiger partial charge in [0, 0.05) is 19.6 Å². The quantitative estimate of drug-likeness (QED) is 0.778. The summed E-state index contributed by atoms with van der Waals surface area (Å²) in [6.07, 6.45) is 5.29. The first-order chi connectivity index (χ1) is 7.44. The predicted octanol–water partition coefficient (Wildman–Crippen LogP) is 2.02. The Balaban J connectivity index is 2.22. The van der Waals surface area contributed by atoms with Crippen LogP contribution < -0.4 is 5.32 Å². The lowest BCUT2D eigenvalue weighted by Crippen LogP contribution is -2.41. The molecule has 1 N–H and O–H groups in total. The Morgan fingerprint density at radius 3 is 2.44 bits per heavy atom. The molecule has 1 amide bonds. The van der Waals surface area contributed by atoms with Crippen molar-refractivity contribution in [3.8, 4) is 0 Å². The van der Waals surface area contributed by atoms with E-state index in [1.54, 1.807) is 4.90 Å². The molecule has 16 heavy (non-hydrogen) atoms. The summed E-state index contributed by atoms with van der Waals surface area (Å²) in [5, 5.41) is 3.31. The number of likely N-dealkylation sites (N-methyl/N-ethyl adjacent to an activating group) is 1. The average molecular weight is 226 g/mol. The molecule has 1 saturated carbocycles. The first kappa shape index (κ1) is 13.5. The van der Waals surface area contributed by atoms with Crippen molar-refractivity contribution in [1.29, 1.82) is 0 Å². The molecule has 1 rings (SSSR count). The van der Waals surface area contributed by atoms with Crippen LogP contribution in [0.4, 0.5) is 0 Å². The van der Waals surface area contributed by atoms with E-state index in [0.717, 1.165) is 6.54 Å². The zero-order valence-corrected chi connectivity index (χ0v) is 11.2. The van der Waals surface area contributed by atoms with Gasteiger partial charge in [0.05, 0.1) is 6.54 Å². The molecule has 0 heterocycles. The molecule has 1 fully saturated rings. The second kappa shape index (κ2) is 5.67. The first-order valence-electron chi connectivity index (χ1n) is 6.41. The highest BCUT2D eigenvalue weighted by Gasteiger charge is 2.28. The fourth-order valence-corrected chi connectivity index (χ4v) is 2.29. The summed E-state index contributed by atoms with van der Waals surface area (Å²) in [5.41, 5.74) is 0.427. The van der Waals surface area contributed by atoms with Crippen molar-refractivity contribution in [2.75, 3.05) is 20.1 Å². The van der Waals surface area contributed by atoms with Gasteiger partial charge < -0.3 is 10.2 Å². The zero-order chi connectivity index (χ0) is 12.2. The second-order valence-electron chi connectivity index (χ2n) is 5.72. The number of hydrogen-bond donors (Lipinski definition) is 1. The highest BCUT2D eigenvalue weighted by atomic mass is 16.2. The molecule has 0 aromatic heterocycles. The van der Waals surface area contributed by atoms with E-state index in [1.165, 1.54) is 25.7 Å². The van der Waals surface area contributed by atoms with Crippen LogP contribution in [-0.2, 0) is 4.79 Å². The Bertz CT molecular complexity index is 232. The van der Waals surface area contributed by atoms with Crippen LogP contribution in [0.15, 0.2) is 0 Å². The summed E-state index contributed by atoms with van der Waals surface area (Å²) in [6, 6.07) is 0.288. The molecule has 1 aliphatic rings. The molecule has 0 aromatic rings. The lowest BCUT2D eigenvalue weighted by Gasteiger charge is -2.26. The summed E-state index contributed by atoms with van der Waals surface area (Å²) in [4.78, 5) is 13.5. The Morgan fingerprint density at radius 1 is 1.38 bits per heavy atom. The molecule has 0 saturated heterocycles. The van der Waals surface area contributed by atoms with Gasteiger partial charge in [0.2, 0.25) is 5.91 Å². The van der Waals surface area contributed by atoms with Crippen LogP contribution >= 0.6 is 0 Å².